The molecular weight excluding hydrogens is 228 g/mol. The number of halogens is 1. The number of carbonyl (C=O) groups excluding carboxylic acids is 1. The van der Waals surface area contributed by atoms with Crippen LogP contribution in [0.4, 0.5) is 5.82 Å². The third-order valence-electron chi connectivity index (χ3n) is 2.49. The number of nitrogens with zero attached hydrogens (tertiary/aromatic N) is 1. The number of aromatic nitrogens is 1. The molecule has 5 heteroatoms. The topological polar surface area (TPSA) is 51.2 Å². The molecule has 2 rings (SSSR count). The second-order valence-electron chi connectivity index (χ2n) is 3.85. The minimum atomic E-state index is -0.365. The standard InChI is InChI=1S/C11H13ClN2O2/c1-7-5-6-8(16-7)11(15)14-10-4-2-3-9(12)13-10/h2-4,7-8H,5-6H2,1H3,(H,13,14,15). The van der Waals surface area contributed by atoms with Gasteiger partial charge in [-0.3, -0.25) is 4.79 Å². The van der Waals surface area contributed by atoms with Gasteiger partial charge in [-0.05, 0) is 31.9 Å². The molecule has 0 bridgehead atoms. The van der Waals surface area contributed by atoms with Crippen molar-refractivity contribution in [3.8, 4) is 0 Å². The summed E-state index contributed by atoms with van der Waals surface area (Å²) in [6.45, 7) is 1.96. The zero-order valence-electron chi connectivity index (χ0n) is 8.94. The number of pyridine rings is 1. The van der Waals surface area contributed by atoms with E-state index in [0.29, 0.717) is 11.0 Å². The second kappa shape index (κ2) is 4.80. The molecule has 1 fully saturated rings. The molecule has 1 aromatic rings. The van der Waals surface area contributed by atoms with E-state index in [1.807, 2.05) is 6.92 Å². The Morgan fingerprint density at radius 1 is 1.56 bits per heavy atom. The molecule has 1 saturated heterocycles. The summed E-state index contributed by atoms with van der Waals surface area (Å²) in [7, 11) is 0. The summed E-state index contributed by atoms with van der Waals surface area (Å²) in [6, 6.07) is 5.09. The molecule has 1 N–H and O–H groups in total. The Kier molecular flexibility index (Phi) is 3.41. The van der Waals surface area contributed by atoms with Crippen molar-refractivity contribution in [1.82, 2.24) is 4.98 Å². The van der Waals surface area contributed by atoms with Crippen LogP contribution in [0, 0.1) is 0 Å². The lowest BCUT2D eigenvalue weighted by Crippen LogP contribution is -2.28. The molecule has 1 amide bonds. The monoisotopic (exact) mass is 240 g/mol. The van der Waals surface area contributed by atoms with E-state index < -0.39 is 0 Å². The highest BCUT2D eigenvalue weighted by molar-refractivity contribution is 6.29. The van der Waals surface area contributed by atoms with E-state index in [9.17, 15) is 4.79 Å². The molecule has 1 aliphatic heterocycles. The first kappa shape index (κ1) is 11.4. The molecule has 0 radical (unpaired) electrons. The maximum atomic E-state index is 11.8. The normalized spacial score (nSPS) is 24.4. The second-order valence-corrected chi connectivity index (χ2v) is 4.23. The van der Waals surface area contributed by atoms with Crippen LogP contribution < -0.4 is 5.32 Å². The molecular formula is C11H13ClN2O2. The first-order chi connectivity index (χ1) is 7.65. The van der Waals surface area contributed by atoms with Crippen LogP contribution in [0.2, 0.25) is 5.15 Å². The van der Waals surface area contributed by atoms with Crippen LogP contribution in [0.5, 0.6) is 0 Å². The van der Waals surface area contributed by atoms with Crippen LogP contribution in [0.15, 0.2) is 18.2 Å². The molecule has 1 aromatic heterocycles. The van der Waals surface area contributed by atoms with Gasteiger partial charge in [0.1, 0.15) is 17.1 Å². The van der Waals surface area contributed by atoms with E-state index in [1.165, 1.54) is 0 Å². The van der Waals surface area contributed by atoms with Crippen molar-refractivity contribution >= 4 is 23.3 Å². The van der Waals surface area contributed by atoms with Gasteiger partial charge < -0.3 is 10.1 Å². The number of amides is 1. The molecule has 16 heavy (non-hydrogen) atoms. The lowest BCUT2D eigenvalue weighted by Gasteiger charge is -2.11. The van der Waals surface area contributed by atoms with Crippen molar-refractivity contribution in [3.63, 3.8) is 0 Å². The third-order valence-corrected chi connectivity index (χ3v) is 2.70. The Labute approximate surface area is 99.0 Å². The van der Waals surface area contributed by atoms with E-state index in [1.54, 1.807) is 18.2 Å². The number of rotatable bonds is 2. The van der Waals surface area contributed by atoms with Crippen molar-refractivity contribution < 1.29 is 9.53 Å². The highest BCUT2D eigenvalue weighted by atomic mass is 35.5. The number of hydrogen-bond donors (Lipinski definition) is 1. The van der Waals surface area contributed by atoms with Crippen LogP contribution in [-0.4, -0.2) is 23.1 Å². The van der Waals surface area contributed by atoms with Gasteiger partial charge in [-0.2, -0.15) is 0 Å². The average molecular weight is 241 g/mol. The van der Waals surface area contributed by atoms with Crippen LogP contribution in [0.1, 0.15) is 19.8 Å². The predicted molar refractivity (Wildman–Crippen MR) is 61.4 cm³/mol. The number of carbonyl (C=O) groups is 1. The maximum absolute atomic E-state index is 11.8. The van der Waals surface area contributed by atoms with Crippen LogP contribution in [-0.2, 0) is 9.53 Å². The molecule has 0 spiro atoms. The van der Waals surface area contributed by atoms with Gasteiger partial charge in [-0.1, -0.05) is 17.7 Å². The molecule has 0 aliphatic carbocycles. The van der Waals surface area contributed by atoms with Gasteiger partial charge in [-0.25, -0.2) is 4.98 Å². The first-order valence-corrected chi connectivity index (χ1v) is 5.62. The molecule has 0 aromatic carbocycles. The molecule has 1 aliphatic rings. The largest absolute Gasteiger partial charge is 0.365 e. The summed E-state index contributed by atoms with van der Waals surface area (Å²) in [4.78, 5) is 15.7. The summed E-state index contributed by atoms with van der Waals surface area (Å²) >= 11 is 5.72. The average Bonchev–Trinajstić information content (AvgIpc) is 2.65. The van der Waals surface area contributed by atoms with E-state index in [-0.39, 0.29) is 18.1 Å². The van der Waals surface area contributed by atoms with E-state index >= 15 is 0 Å². The lowest BCUT2D eigenvalue weighted by molar-refractivity contribution is -0.126. The minimum absolute atomic E-state index is 0.154. The maximum Gasteiger partial charge on any atom is 0.254 e. The zero-order valence-corrected chi connectivity index (χ0v) is 9.70. The highest BCUT2D eigenvalue weighted by Gasteiger charge is 2.28. The van der Waals surface area contributed by atoms with Gasteiger partial charge in [0, 0.05) is 0 Å². The van der Waals surface area contributed by atoms with Crippen molar-refractivity contribution in [2.45, 2.75) is 32.0 Å². The van der Waals surface area contributed by atoms with Crippen molar-refractivity contribution in [2.75, 3.05) is 5.32 Å². The van der Waals surface area contributed by atoms with E-state index in [4.69, 9.17) is 16.3 Å². The minimum Gasteiger partial charge on any atom is -0.365 e. The summed E-state index contributed by atoms with van der Waals surface area (Å²) < 4.78 is 5.45. The zero-order chi connectivity index (χ0) is 11.5. The van der Waals surface area contributed by atoms with Gasteiger partial charge >= 0.3 is 0 Å². The van der Waals surface area contributed by atoms with Crippen LogP contribution in [0.3, 0.4) is 0 Å². The quantitative estimate of drug-likeness (QED) is 0.807. The fourth-order valence-corrected chi connectivity index (χ4v) is 1.84. The van der Waals surface area contributed by atoms with Crippen molar-refractivity contribution in [3.05, 3.63) is 23.4 Å². The molecule has 86 valence electrons. The smallest absolute Gasteiger partial charge is 0.254 e. The molecule has 2 atom stereocenters. The Morgan fingerprint density at radius 2 is 2.38 bits per heavy atom. The van der Waals surface area contributed by atoms with Gasteiger partial charge in [0.15, 0.2) is 0 Å². The van der Waals surface area contributed by atoms with Crippen LogP contribution in [0.25, 0.3) is 0 Å². The number of nitrogens with one attached hydrogen (secondary N) is 1. The third kappa shape index (κ3) is 2.71. The van der Waals surface area contributed by atoms with Gasteiger partial charge in [-0.15, -0.1) is 0 Å². The fourth-order valence-electron chi connectivity index (χ4n) is 1.68. The fraction of sp³-hybridized carbons (Fsp3) is 0.455. The summed E-state index contributed by atoms with van der Waals surface area (Å²) in [6.07, 6.45) is 1.47. The number of hydrogen-bond acceptors (Lipinski definition) is 3. The van der Waals surface area contributed by atoms with Gasteiger partial charge in [0.25, 0.3) is 5.91 Å². The Bertz CT molecular complexity index is 397. The van der Waals surface area contributed by atoms with Gasteiger partial charge in [0.2, 0.25) is 0 Å². The number of ether oxygens (including phenoxy) is 1. The lowest BCUT2D eigenvalue weighted by atomic mass is 10.2. The molecule has 0 saturated carbocycles. The van der Waals surface area contributed by atoms with Crippen LogP contribution >= 0.6 is 11.6 Å². The Hall–Kier alpha value is -1.13. The van der Waals surface area contributed by atoms with Crippen molar-refractivity contribution in [1.29, 1.82) is 0 Å². The predicted octanol–water partition coefficient (Wildman–Crippen LogP) is 2.24. The van der Waals surface area contributed by atoms with Gasteiger partial charge in [0.05, 0.1) is 6.10 Å². The Balaban J connectivity index is 1.97. The summed E-state index contributed by atoms with van der Waals surface area (Å²) in [5.74, 6) is 0.305. The SMILES string of the molecule is CC1CCC(C(=O)Nc2cccc(Cl)n2)O1. The van der Waals surface area contributed by atoms with E-state index in [0.717, 1.165) is 12.8 Å². The number of anilines is 1. The molecule has 4 nitrogen and oxygen atoms in total. The molecule has 2 unspecified atom stereocenters. The Morgan fingerprint density at radius 3 is 3.00 bits per heavy atom. The molecule has 2 heterocycles. The van der Waals surface area contributed by atoms with E-state index in [2.05, 4.69) is 10.3 Å². The summed E-state index contributed by atoms with van der Waals surface area (Å²) in [5, 5.41) is 3.05. The van der Waals surface area contributed by atoms with Crippen molar-refractivity contribution in [2.24, 2.45) is 0 Å². The first-order valence-electron chi connectivity index (χ1n) is 5.24. The highest BCUT2D eigenvalue weighted by Crippen LogP contribution is 2.20. The summed E-state index contributed by atoms with van der Waals surface area (Å²) in [5.41, 5.74) is 0.